The van der Waals surface area contributed by atoms with Gasteiger partial charge in [-0.25, -0.2) is 4.79 Å². The van der Waals surface area contributed by atoms with Gasteiger partial charge in [0.15, 0.2) is 0 Å². The highest BCUT2D eigenvalue weighted by Crippen LogP contribution is 2.02. The molecule has 0 radical (unpaired) electrons. The molecule has 1 aromatic carbocycles. The molecule has 2 heterocycles. The molecule has 3 rings (SSSR count). The first-order chi connectivity index (χ1) is 9.22. The summed E-state index contributed by atoms with van der Waals surface area (Å²) in [7, 11) is 0. The lowest BCUT2D eigenvalue weighted by Gasteiger charge is -2.22. The van der Waals surface area contributed by atoms with Gasteiger partial charge in [-0.3, -0.25) is 4.79 Å². The molecule has 2 saturated heterocycles. The number of nitrogens with one attached hydrogen (secondary N) is 2. The molecule has 0 bridgehead atoms. The van der Waals surface area contributed by atoms with Crippen molar-refractivity contribution >= 4 is 12.0 Å². The number of cyclic esters (lactones) is 1. The average Bonchev–Trinajstić information content (AvgIpc) is 2.90. The molecule has 1 aromatic rings. The van der Waals surface area contributed by atoms with Crippen LogP contribution >= 0.6 is 0 Å². The number of rotatable bonds is 1. The van der Waals surface area contributed by atoms with Gasteiger partial charge in [-0.15, -0.1) is 6.58 Å². The Bertz CT molecular complexity index is 364. The third-order valence-electron chi connectivity index (χ3n) is 2.31. The predicted molar refractivity (Wildman–Crippen MR) is 72.5 cm³/mol. The van der Waals surface area contributed by atoms with Crippen LogP contribution in [0.5, 0.6) is 0 Å². The van der Waals surface area contributed by atoms with Crippen molar-refractivity contribution < 1.29 is 14.3 Å². The van der Waals surface area contributed by atoms with E-state index in [-0.39, 0.29) is 18.0 Å². The van der Waals surface area contributed by atoms with Crippen LogP contribution in [0.1, 0.15) is 6.42 Å². The van der Waals surface area contributed by atoms with Gasteiger partial charge in [0.05, 0.1) is 19.0 Å². The fourth-order valence-corrected chi connectivity index (χ4v) is 1.26. The molecule has 2 aliphatic rings. The third-order valence-corrected chi connectivity index (χ3v) is 2.31. The Balaban J connectivity index is 0.000000143. The number of carbonyl (C=O) groups excluding carboxylic acids is 2. The van der Waals surface area contributed by atoms with Crippen LogP contribution in [-0.4, -0.2) is 31.2 Å². The summed E-state index contributed by atoms with van der Waals surface area (Å²) in [5.74, 6) is 0.130. The Morgan fingerprint density at radius 3 is 1.84 bits per heavy atom. The van der Waals surface area contributed by atoms with Gasteiger partial charge >= 0.3 is 6.09 Å². The SMILES string of the molecule is C=C[C@@H]1CC(=O)N1.O=C1NCCO1.c1ccccc1. The zero-order chi connectivity index (χ0) is 13.9. The molecule has 0 aliphatic carbocycles. The molecule has 2 fully saturated rings. The summed E-state index contributed by atoms with van der Waals surface area (Å²) in [6.07, 6.45) is 2.07. The maximum absolute atomic E-state index is 10.1. The van der Waals surface area contributed by atoms with Crippen molar-refractivity contribution in [1.29, 1.82) is 0 Å². The molecule has 5 nitrogen and oxygen atoms in total. The smallest absolute Gasteiger partial charge is 0.407 e. The van der Waals surface area contributed by atoms with Crippen LogP contribution in [0.2, 0.25) is 0 Å². The van der Waals surface area contributed by atoms with Crippen molar-refractivity contribution in [3.63, 3.8) is 0 Å². The Kier molecular flexibility index (Phi) is 6.79. The van der Waals surface area contributed by atoms with E-state index in [1.54, 1.807) is 6.08 Å². The lowest BCUT2D eigenvalue weighted by molar-refractivity contribution is -0.127. The molecule has 0 saturated carbocycles. The topological polar surface area (TPSA) is 67.4 Å². The van der Waals surface area contributed by atoms with Crippen molar-refractivity contribution in [1.82, 2.24) is 10.6 Å². The van der Waals surface area contributed by atoms with Crippen molar-refractivity contribution in [3.05, 3.63) is 49.1 Å². The van der Waals surface area contributed by atoms with Gasteiger partial charge in [-0.1, -0.05) is 42.5 Å². The van der Waals surface area contributed by atoms with Gasteiger partial charge in [0.2, 0.25) is 5.91 Å². The molecule has 0 unspecified atom stereocenters. The minimum atomic E-state index is -0.296. The largest absolute Gasteiger partial charge is 0.448 e. The number of hydrogen-bond donors (Lipinski definition) is 2. The monoisotopic (exact) mass is 262 g/mol. The van der Waals surface area contributed by atoms with E-state index in [1.165, 1.54) is 0 Å². The van der Waals surface area contributed by atoms with Crippen LogP contribution in [0.15, 0.2) is 49.1 Å². The Morgan fingerprint density at radius 1 is 1.16 bits per heavy atom. The molecule has 2 N–H and O–H groups in total. The summed E-state index contributed by atoms with van der Waals surface area (Å²) in [6, 6.07) is 12.3. The normalized spacial score (nSPS) is 19.1. The molecule has 1 atom stereocenters. The standard InChI is InChI=1S/C6H6.C5H7NO.C3H5NO2/c1-2-4-6-5-3-1;1-2-4-3-5(7)6-4;5-3-4-1-2-6-3/h1-6H;2,4H,1,3H2,(H,6,7);1-2H2,(H,4,5)/t;4-;/m.1./s1. The zero-order valence-electron chi connectivity index (χ0n) is 10.7. The summed E-state index contributed by atoms with van der Waals surface area (Å²) in [5.41, 5.74) is 0. The summed E-state index contributed by atoms with van der Waals surface area (Å²) in [5, 5.41) is 5.09. The first-order valence-corrected chi connectivity index (χ1v) is 6.05. The maximum atomic E-state index is 10.1. The molecule has 2 aliphatic heterocycles. The van der Waals surface area contributed by atoms with E-state index in [4.69, 9.17) is 0 Å². The number of alkyl carbamates (subject to hydrolysis) is 1. The first-order valence-electron chi connectivity index (χ1n) is 6.05. The fraction of sp³-hybridized carbons (Fsp3) is 0.286. The Labute approximate surface area is 112 Å². The van der Waals surface area contributed by atoms with Crippen LogP contribution in [0, 0.1) is 0 Å². The summed E-state index contributed by atoms with van der Waals surface area (Å²) in [4.78, 5) is 20.0. The van der Waals surface area contributed by atoms with Crippen molar-refractivity contribution in [3.8, 4) is 0 Å². The Hall–Kier alpha value is -2.30. The molecule has 0 aromatic heterocycles. The summed E-state index contributed by atoms with van der Waals surface area (Å²) < 4.78 is 4.40. The van der Waals surface area contributed by atoms with Crippen LogP contribution in [-0.2, 0) is 9.53 Å². The molecule has 19 heavy (non-hydrogen) atoms. The van der Waals surface area contributed by atoms with E-state index in [2.05, 4.69) is 21.9 Å². The number of β-lactam (4-membered cyclic amide) rings is 1. The van der Waals surface area contributed by atoms with Crippen LogP contribution in [0.25, 0.3) is 0 Å². The predicted octanol–water partition coefficient (Wildman–Crippen LogP) is 1.47. The highest BCUT2D eigenvalue weighted by Gasteiger charge is 2.20. The van der Waals surface area contributed by atoms with E-state index in [0.29, 0.717) is 19.6 Å². The molecule has 2 amide bonds. The fourth-order valence-electron chi connectivity index (χ4n) is 1.26. The molecule has 102 valence electrons. The van der Waals surface area contributed by atoms with E-state index < -0.39 is 0 Å². The summed E-state index contributed by atoms with van der Waals surface area (Å²) in [6.45, 7) is 4.69. The number of amides is 2. The highest BCUT2D eigenvalue weighted by atomic mass is 16.6. The first kappa shape index (κ1) is 14.8. The number of benzene rings is 1. The van der Waals surface area contributed by atoms with Gasteiger partial charge in [0.1, 0.15) is 6.61 Å². The minimum absolute atomic E-state index is 0.130. The summed E-state index contributed by atoms with van der Waals surface area (Å²) >= 11 is 0. The van der Waals surface area contributed by atoms with E-state index >= 15 is 0 Å². The average molecular weight is 262 g/mol. The van der Waals surface area contributed by atoms with Crippen molar-refractivity contribution in [2.45, 2.75) is 12.5 Å². The maximum Gasteiger partial charge on any atom is 0.407 e. The lowest BCUT2D eigenvalue weighted by Crippen LogP contribution is -2.46. The second-order valence-electron chi connectivity index (χ2n) is 3.83. The van der Waals surface area contributed by atoms with Gasteiger partial charge in [0.25, 0.3) is 0 Å². The number of ether oxygens (including phenoxy) is 1. The van der Waals surface area contributed by atoms with E-state index in [1.807, 2.05) is 36.4 Å². The van der Waals surface area contributed by atoms with Crippen molar-refractivity contribution in [2.24, 2.45) is 0 Å². The van der Waals surface area contributed by atoms with E-state index in [0.717, 1.165) is 0 Å². The molecular formula is C14H18N2O3. The van der Waals surface area contributed by atoms with Crippen LogP contribution < -0.4 is 10.6 Å². The number of hydrogen-bond acceptors (Lipinski definition) is 3. The minimum Gasteiger partial charge on any atom is -0.448 e. The second-order valence-corrected chi connectivity index (χ2v) is 3.83. The second kappa shape index (κ2) is 8.74. The molecule has 0 spiro atoms. The zero-order valence-corrected chi connectivity index (χ0v) is 10.7. The van der Waals surface area contributed by atoms with Gasteiger partial charge in [-0.2, -0.15) is 0 Å². The van der Waals surface area contributed by atoms with Crippen LogP contribution in [0.3, 0.4) is 0 Å². The third kappa shape index (κ3) is 6.88. The Morgan fingerprint density at radius 2 is 1.68 bits per heavy atom. The highest BCUT2D eigenvalue weighted by molar-refractivity contribution is 5.83. The van der Waals surface area contributed by atoms with Crippen LogP contribution in [0.4, 0.5) is 4.79 Å². The molecular weight excluding hydrogens is 244 g/mol. The molecule has 5 heteroatoms. The van der Waals surface area contributed by atoms with Gasteiger partial charge in [0, 0.05) is 0 Å². The van der Waals surface area contributed by atoms with Crippen molar-refractivity contribution in [2.75, 3.05) is 13.2 Å². The van der Waals surface area contributed by atoms with Gasteiger partial charge < -0.3 is 15.4 Å². The van der Waals surface area contributed by atoms with Gasteiger partial charge in [-0.05, 0) is 0 Å². The van der Waals surface area contributed by atoms with E-state index in [9.17, 15) is 9.59 Å². The quantitative estimate of drug-likeness (QED) is 0.595. The lowest BCUT2D eigenvalue weighted by atomic mass is 10.1. The number of carbonyl (C=O) groups is 2.